The van der Waals surface area contributed by atoms with Gasteiger partial charge in [0, 0.05) is 0 Å². The van der Waals surface area contributed by atoms with E-state index in [9.17, 15) is 14.7 Å². The normalized spacial score (nSPS) is 16.0. The van der Waals surface area contributed by atoms with Crippen molar-refractivity contribution in [1.29, 1.82) is 0 Å². The van der Waals surface area contributed by atoms with E-state index in [1.54, 1.807) is 68.1 Å². The number of thiophene rings is 1. The number of methoxy groups -OCH3 is 2. The van der Waals surface area contributed by atoms with E-state index in [4.69, 9.17) is 9.47 Å². The maximum absolute atomic E-state index is 13.4. The first-order valence-electron chi connectivity index (χ1n) is 9.95. The maximum Gasteiger partial charge on any atom is 0.296 e. The lowest BCUT2D eigenvalue weighted by atomic mass is 9.95. The summed E-state index contributed by atoms with van der Waals surface area (Å²) in [5.74, 6) is -0.395. The smallest absolute Gasteiger partial charge is 0.296 e. The molecule has 5 rings (SSSR count). The minimum atomic E-state index is -0.857. The van der Waals surface area contributed by atoms with Crippen LogP contribution in [-0.2, 0) is 4.79 Å². The first-order valence-corrected chi connectivity index (χ1v) is 11.6. The molecule has 1 aliphatic rings. The number of thiazole rings is 1. The molecule has 0 spiro atoms. The van der Waals surface area contributed by atoms with Crippen molar-refractivity contribution in [2.45, 2.75) is 6.04 Å². The van der Waals surface area contributed by atoms with Crippen molar-refractivity contribution in [2.75, 3.05) is 19.1 Å². The van der Waals surface area contributed by atoms with Crippen LogP contribution in [0.15, 0.2) is 71.3 Å². The van der Waals surface area contributed by atoms with Gasteiger partial charge in [-0.15, -0.1) is 11.3 Å². The van der Waals surface area contributed by atoms with Crippen molar-refractivity contribution in [2.24, 2.45) is 0 Å². The zero-order chi connectivity index (χ0) is 23.1. The average molecular weight is 479 g/mol. The van der Waals surface area contributed by atoms with Crippen LogP contribution in [0, 0.1) is 0 Å². The molecule has 2 aromatic heterocycles. The number of hydrogen-bond donors (Lipinski definition) is 1. The summed E-state index contributed by atoms with van der Waals surface area (Å²) in [4.78, 5) is 33.1. The quantitative estimate of drug-likeness (QED) is 0.385. The van der Waals surface area contributed by atoms with E-state index in [2.05, 4.69) is 4.98 Å². The number of carbonyl (C=O) groups is 2. The number of nitrogens with zero attached hydrogens (tertiary/aromatic N) is 2. The summed E-state index contributed by atoms with van der Waals surface area (Å²) in [6.07, 6.45) is 0. The molecule has 0 radical (unpaired) electrons. The Morgan fingerprint density at radius 1 is 1.06 bits per heavy atom. The van der Waals surface area contributed by atoms with E-state index in [1.165, 1.54) is 27.6 Å². The van der Waals surface area contributed by atoms with Gasteiger partial charge in [-0.25, -0.2) is 4.98 Å². The lowest BCUT2D eigenvalue weighted by Gasteiger charge is -2.24. The summed E-state index contributed by atoms with van der Waals surface area (Å²) in [7, 11) is 3.12. The molecule has 0 saturated heterocycles. The van der Waals surface area contributed by atoms with Crippen LogP contribution in [-0.4, -0.2) is 36.0 Å². The van der Waals surface area contributed by atoms with Gasteiger partial charge in [-0.05, 0) is 47.3 Å². The molecule has 0 bridgehead atoms. The van der Waals surface area contributed by atoms with E-state index in [0.717, 1.165) is 4.70 Å². The monoisotopic (exact) mass is 478 g/mol. The number of ether oxygens (including phenoxy) is 2. The standard InChI is InChI=1S/C24H18N2O5S2/c1-30-14-6-3-5-13(11-14)20-19(21(27)17-7-4-10-32-17)22(28)23(29)26(20)24-25-16-9-8-15(31-2)12-18(16)33-24/h3-12,20,28H,1-2H3. The molecule has 1 atom stereocenters. The number of benzene rings is 2. The summed E-state index contributed by atoms with van der Waals surface area (Å²) in [5, 5.41) is 13.0. The Hall–Kier alpha value is -3.69. The number of Topliss-reactive ketones (excluding diaryl/α,β-unsaturated/α-hetero) is 1. The number of carbonyl (C=O) groups excluding carboxylic acids is 2. The molecule has 1 N–H and O–H groups in total. The highest BCUT2D eigenvalue weighted by molar-refractivity contribution is 7.22. The summed E-state index contributed by atoms with van der Waals surface area (Å²) in [6.45, 7) is 0. The third kappa shape index (κ3) is 3.55. The molecule has 4 aromatic rings. The van der Waals surface area contributed by atoms with Crippen LogP contribution in [0.2, 0.25) is 0 Å². The first-order chi connectivity index (χ1) is 16.0. The highest BCUT2D eigenvalue weighted by Gasteiger charge is 2.46. The van der Waals surface area contributed by atoms with Crippen LogP contribution < -0.4 is 14.4 Å². The Morgan fingerprint density at radius 3 is 2.58 bits per heavy atom. The molecule has 0 saturated carbocycles. The summed E-state index contributed by atoms with van der Waals surface area (Å²) >= 11 is 2.54. The highest BCUT2D eigenvalue weighted by atomic mass is 32.1. The second kappa shape index (κ2) is 8.34. The molecule has 166 valence electrons. The molecule has 9 heteroatoms. The summed E-state index contributed by atoms with van der Waals surface area (Å²) in [6, 6.07) is 15.1. The molecule has 7 nitrogen and oxygen atoms in total. The largest absolute Gasteiger partial charge is 0.503 e. The molecule has 1 unspecified atom stereocenters. The maximum atomic E-state index is 13.4. The lowest BCUT2D eigenvalue weighted by Crippen LogP contribution is -2.30. The van der Waals surface area contributed by atoms with Crippen molar-refractivity contribution in [1.82, 2.24) is 4.98 Å². The van der Waals surface area contributed by atoms with Crippen molar-refractivity contribution < 1.29 is 24.2 Å². The number of fused-ring (bicyclic) bond motifs is 1. The van der Waals surface area contributed by atoms with Gasteiger partial charge in [0.25, 0.3) is 5.91 Å². The molecule has 33 heavy (non-hydrogen) atoms. The van der Waals surface area contributed by atoms with Gasteiger partial charge in [-0.2, -0.15) is 0 Å². The predicted molar refractivity (Wildman–Crippen MR) is 128 cm³/mol. The van der Waals surface area contributed by atoms with Crippen LogP contribution >= 0.6 is 22.7 Å². The lowest BCUT2D eigenvalue weighted by molar-refractivity contribution is -0.117. The number of amides is 1. The SMILES string of the molecule is COc1cccc(C2C(C(=O)c3cccs3)=C(O)C(=O)N2c2nc3ccc(OC)cc3s2)c1. The summed E-state index contributed by atoms with van der Waals surface area (Å²) in [5.41, 5.74) is 1.33. The van der Waals surface area contributed by atoms with Gasteiger partial charge < -0.3 is 14.6 Å². The molecule has 3 heterocycles. The number of aromatic nitrogens is 1. The van der Waals surface area contributed by atoms with Crippen molar-refractivity contribution >= 4 is 49.7 Å². The van der Waals surface area contributed by atoms with Gasteiger partial charge in [-0.1, -0.05) is 29.5 Å². The van der Waals surface area contributed by atoms with Crippen molar-refractivity contribution in [3.63, 3.8) is 0 Å². The third-order valence-electron chi connectivity index (χ3n) is 5.40. The van der Waals surface area contributed by atoms with Crippen LogP contribution in [0.25, 0.3) is 10.2 Å². The Labute approximate surface area is 197 Å². The second-order valence-corrected chi connectivity index (χ2v) is 9.21. The van der Waals surface area contributed by atoms with E-state index >= 15 is 0 Å². The van der Waals surface area contributed by atoms with E-state index in [0.29, 0.717) is 32.6 Å². The van der Waals surface area contributed by atoms with Crippen LogP contribution in [0.3, 0.4) is 0 Å². The van der Waals surface area contributed by atoms with Crippen molar-refractivity contribution in [3.8, 4) is 11.5 Å². The fourth-order valence-electron chi connectivity index (χ4n) is 3.82. The number of aliphatic hydroxyl groups is 1. The Balaban J connectivity index is 1.68. The molecular formula is C24H18N2O5S2. The molecule has 1 aliphatic heterocycles. The Morgan fingerprint density at radius 2 is 1.85 bits per heavy atom. The van der Waals surface area contributed by atoms with Gasteiger partial charge in [0.1, 0.15) is 11.5 Å². The van der Waals surface area contributed by atoms with Gasteiger partial charge in [0.15, 0.2) is 10.9 Å². The zero-order valence-electron chi connectivity index (χ0n) is 17.6. The number of anilines is 1. The van der Waals surface area contributed by atoms with E-state index in [1.807, 2.05) is 6.07 Å². The van der Waals surface area contributed by atoms with Gasteiger partial charge in [0.2, 0.25) is 5.78 Å². The Kier molecular flexibility index (Phi) is 5.35. The van der Waals surface area contributed by atoms with Gasteiger partial charge >= 0.3 is 0 Å². The summed E-state index contributed by atoms with van der Waals surface area (Å²) < 4.78 is 11.5. The average Bonchev–Trinajstić information content (AvgIpc) is 3.57. The Bertz CT molecular complexity index is 1410. The molecule has 0 aliphatic carbocycles. The van der Waals surface area contributed by atoms with Gasteiger partial charge in [0.05, 0.1) is 40.9 Å². The number of aliphatic hydroxyl groups excluding tert-OH is 1. The van der Waals surface area contributed by atoms with Crippen LogP contribution in [0.1, 0.15) is 21.3 Å². The minimum absolute atomic E-state index is 0.0209. The molecule has 1 amide bonds. The molecular weight excluding hydrogens is 460 g/mol. The first kappa shape index (κ1) is 21.2. The topological polar surface area (TPSA) is 89.0 Å². The fraction of sp³-hybridized carbons (Fsp3) is 0.125. The number of rotatable bonds is 6. The minimum Gasteiger partial charge on any atom is -0.503 e. The number of hydrogen-bond acceptors (Lipinski definition) is 8. The third-order valence-corrected chi connectivity index (χ3v) is 7.28. The number of ketones is 1. The highest BCUT2D eigenvalue weighted by Crippen LogP contribution is 2.45. The van der Waals surface area contributed by atoms with Crippen molar-refractivity contribution in [3.05, 3.63) is 81.8 Å². The van der Waals surface area contributed by atoms with Crippen LogP contribution in [0.4, 0.5) is 5.13 Å². The fourth-order valence-corrected chi connectivity index (χ4v) is 5.52. The van der Waals surface area contributed by atoms with E-state index < -0.39 is 23.5 Å². The predicted octanol–water partition coefficient (Wildman–Crippen LogP) is 5.16. The molecule has 2 aromatic carbocycles. The van der Waals surface area contributed by atoms with E-state index in [-0.39, 0.29) is 5.57 Å². The van der Waals surface area contributed by atoms with Crippen LogP contribution in [0.5, 0.6) is 11.5 Å². The van der Waals surface area contributed by atoms with Gasteiger partial charge in [-0.3, -0.25) is 14.5 Å². The molecule has 0 fully saturated rings. The second-order valence-electron chi connectivity index (χ2n) is 7.25. The zero-order valence-corrected chi connectivity index (χ0v) is 19.3.